The van der Waals surface area contributed by atoms with Crippen molar-refractivity contribution >= 4 is 5.82 Å². The summed E-state index contributed by atoms with van der Waals surface area (Å²) in [5, 5.41) is 0. The average Bonchev–Trinajstić information content (AvgIpc) is 2.87. The molecule has 0 aromatic carbocycles. The SMILES string of the molecule is CCc1cnc(C)nc1N(C)CC1CCN(C(C)C)C1. The highest BCUT2D eigenvalue weighted by atomic mass is 15.2. The summed E-state index contributed by atoms with van der Waals surface area (Å²) in [6.45, 7) is 12.2. The summed E-state index contributed by atoms with van der Waals surface area (Å²) in [5.74, 6) is 2.73. The summed E-state index contributed by atoms with van der Waals surface area (Å²) < 4.78 is 0. The number of hydrogen-bond acceptors (Lipinski definition) is 4. The first-order chi connectivity index (χ1) is 9.51. The summed E-state index contributed by atoms with van der Waals surface area (Å²) >= 11 is 0. The van der Waals surface area contributed by atoms with E-state index >= 15 is 0 Å². The third-order valence-corrected chi connectivity index (χ3v) is 4.28. The Hall–Kier alpha value is -1.16. The maximum Gasteiger partial charge on any atom is 0.135 e. The zero-order valence-corrected chi connectivity index (χ0v) is 13.6. The van der Waals surface area contributed by atoms with Crippen molar-refractivity contribution in [2.45, 2.75) is 46.6 Å². The van der Waals surface area contributed by atoms with Crippen molar-refractivity contribution in [3.8, 4) is 0 Å². The summed E-state index contributed by atoms with van der Waals surface area (Å²) in [7, 11) is 2.17. The first kappa shape index (κ1) is 15.2. The Kier molecular flexibility index (Phi) is 4.97. The molecular weight excluding hydrogens is 248 g/mol. The Balaban J connectivity index is 2.02. The van der Waals surface area contributed by atoms with Gasteiger partial charge in [-0.25, -0.2) is 9.97 Å². The molecule has 0 saturated carbocycles. The smallest absolute Gasteiger partial charge is 0.135 e. The van der Waals surface area contributed by atoms with Crippen LogP contribution in [0, 0.1) is 12.8 Å². The minimum absolute atomic E-state index is 0.665. The largest absolute Gasteiger partial charge is 0.359 e. The lowest BCUT2D eigenvalue weighted by Gasteiger charge is -2.25. The predicted molar refractivity (Wildman–Crippen MR) is 84.2 cm³/mol. The van der Waals surface area contributed by atoms with Crippen LogP contribution in [0.15, 0.2) is 6.20 Å². The van der Waals surface area contributed by atoms with E-state index in [0.29, 0.717) is 6.04 Å². The van der Waals surface area contributed by atoms with E-state index in [9.17, 15) is 0 Å². The summed E-state index contributed by atoms with van der Waals surface area (Å²) in [4.78, 5) is 13.9. The Morgan fingerprint density at radius 3 is 2.80 bits per heavy atom. The van der Waals surface area contributed by atoms with Crippen molar-refractivity contribution in [3.63, 3.8) is 0 Å². The monoisotopic (exact) mass is 276 g/mol. The fourth-order valence-corrected chi connectivity index (χ4v) is 3.02. The van der Waals surface area contributed by atoms with Crippen LogP contribution in [-0.4, -0.2) is 47.6 Å². The number of nitrogens with zero attached hydrogens (tertiary/aromatic N) is 4. The van der Waals surface area contributed by atoms with Crippen LogP contribution in [0.25, 0.3) is 0 Å². The molecule has 2 rings (SSSR count). The second-order valence-electron chi connectivity index (χ2n) is 6.24. The summed E-state index contributed by atoms with van der Waals surface area (Å²) in [5.41, 5.74) is 1.25. The van der Waals surface area contributed by atoms with Gasteiger partial charge in [0.25, 0.3) is 0 Å². The highest BCUT2D eigenvalue weighted by Gasteiger charge is 2.25. The highest BCUT2D eigenvalue weighted by molar-refractivity contribution is 5.45. The topological polar surface area (TPSA) is 32.3 Å². The maximum absolute atomic E-state index is 4.64. The van der Waals surface area contributed by atoms with Crippen LogP contribution >= 0.6 is 0 Å². The van der Waals surface area contributed by atoms with Crippen molar-refractivity contribution in [2.75, 3.05) is 31.6 Å². The van der Waals surface area contributed by atoms with E-state index in [1.807, 2.05) is 13.1 Å². The zero-order valence-electron chi connectivity index (χ0n) is 13.6. The van der Waals surface area contributed by atoms with Gasteiger partial charge in [-0.1, -0.05) is 6.92 Å². The molecule has 112 valence electrons. The van der Waals surface area contributed by atoms with Gasteiger partial charge in [-0.3, -0.25) is 0 Å². The molecule has 0 N–H and O–H groups in total. The Morgan fingerprint density at radius 2 is 2.20 bits per heavy atom. The molecule has 2 heterocycles. The minimum Gasteiger partial charge on any atom is -0.359 e. The molecule has 4 heteroatoms. The van der Waals surface area contributed by atoms with Gasteiger partial charge in [-0.2, -0.15) is 0 Å². The molecule has 0 amide bonds. The molecule has 1 saturated heterocycles. The minimum atomic E-state index is 0.665. The fraction of sp³-hybridized carbons (Fsp3) is 0.750. The Morgan fingerprint density at radius 1 is 1.45 bits per heavy atom. The van der Waals surface area contributed by atoms with E-state index in [1.165, 1.54) is 25.1 Å². The van der Waals surface area contributed by atoms with Crippen LogP contribution in [0.3, 0.4) is 0 Å². The zero-order chi connectivity index (χ0) is 14.7. The van der Waals surface area contributed by atoms with E-state index in [-0.39, 0.29) is 0 Å². The van der Waals surface area contributed by atoms with Gasteiger partial charge in [-0.05, 0) is 46.1 Å². The number of aromatic nitrogens is 2. The third-order valence-electron chi connectivity index (χ3n) is 4.28. The summed E-state index contributed by atoms with van der Waals surface area (Å²) in [6.07, 6.45) is 4.26. The van der Waals surface area contributed by atoms with Crippen LogP contribution in [0.1, 0.15) is 38.6 Å². The molecule has 1 atom stereocenters. The molecule has 0 bridgehead atoms. The molecule has 4 nitrogen and oxygen atoms in total. The van der Waals surface area contributed by atoms with Gasteiger partial charge in [0.1, 0.15) is 11.6 Å². The standard InChI is InChI=1S/C16H28N4/c1-6-15-9-17-13(4)18-16(15)19(5)10-14-7-8-20(11-14)12(2)3/h9,12,14H,6-8,10-11H2,1-5H3. The van der Waals surface area contributed by atoms with E-state index in [2.05, 4.69) is 47.6 Å². The second-order valence-corrected chi connectivity index (χ2v) is 6.24. The first-order valence-corrected chi connectivity index (χ1v) is 7.79. The van der Waals surface area contributed by atoms with Crippen molar-refractivity contribution in [1.82, 2.24) is 14.9 Å². The molecule has 1 aromatic rings. The van der Waals surface area contributed by atoms with Gasteiger partial charge >= 0.3 is 0 Å². The Labute approximate surface area is 123 Å². The van der Waals surface area contributed by atoms with Gasteiger partial charge in [0.15, 0.2) is 0 Å². The van der Waals surface area contributed by atoms with E-state index in [4.69, 9.17) is 0 Å². The number of likely N-dealkylation sites (tertiary alicyclic amines) is 1. The predicted octanol–water partition coefficient (Wildman–Crippen LogP) is 2.51. The Bertz CT molecular complexity index is 444. The molecule has 0 spiro atoms. The molecule has 1 aromatic heterocycles. The second kappa shape index (κ2) is 6.53. The van der Waals surface area contributed by atoms with Crippen molar-refractivity contribution < 1.29 is 0 Å². The molecule has 0 aliphatic carbocycles. The first-order valence-electron chi connectivity index (χ1n) is 7.79. The highest BCUT2D eigenvalue weighted by Crippen LogP contribution is 2.23. The van der Waals surface area contributed by atoms with Crippen LogP contribution in [0.5, 0.6) is 0 Å². The lowest BCUT2D eigenvalue weighted by atomic mass is 10.1. The van der Waals surface area contributed by atoms with Crippen LogP contribution in [0.2, 0.25) is 0 Å². The van der Waals surface area contributed by atoms with Crippen molar-refractivity contribution in [2.24, 2.45) is 5.92 Å². The number of anilines is 1. The van der Waals surface area contributed by atoms with Crippen LogP contribution in [0.4, 0.5) is 5.82 Å². The van der Waals surface area contributed by atoms with E-state index in [1.54, 1.807) is 0 Å². The van der Waals surface area contributed by atoms with Gasteiger partial charge < -0.3 is 9.80 Å². The van der Waals surface area contributed by atoms with E-state index < -0.39 is 0 Å². The molecule has 0 radical (unpaired) electrons. The van der Waals surface area contributed by atoms with Crippen LogP contribution < -0.4 is 4.90 Å². The van der Waals surface area contributed by atoms with Gasteiger partial charge in [0.05, 0.1) is 0 Å². The molecule has 1 aliphatic heterocycles. The molecule has 1 aliphatic rings. The van der Waals surface area contributed by atoms with Crippen LogP contribution in [-0.2, 0) is 6.42 Å². The van der Waals surface area contributed by atoms with E-state index in [0.717, 1.165) is 30.5 Å². The van der Waals surface area contributed by atoms with Crippen molar-refractivity contribution in [1.29, 1.82) is 0 Å². The normalized spacial score (nSPS) is 19.8. The molecule has 1 unspecified atom stereocenters. The molecule has 20 heavy (non-hydrogen) atoms. The number of rotatable bonds is 5. The van der Waals surface area contributed by atoms with Gasteiger partial charge in [0.2, 0.25) is 0 Å². The van der Waals surface area contributed by atoms with Crippen molar-refractivity contribution in [3.05, 3.63) is 17.6 Å². The quantitative estimate of drug-likeness (QED) is 0.827. The third kappa shape index (κ3) is 3.48. The lowest BCUT2D eigenvalue weighted by Crippen LogP contribution is -2.32. The number of hydrogen-bond donors (Lipinski definition) is 0. The lowest BCUT2D eigenvalue weighted by molar-refractivity contribution is 0.265. The molecule has 1 fully saturated rings. The molecular formula is C16H28N4. The van der Waals surface area contributed by atoms with Gasteiger partial charge in [-0.15, -0.1) is 0 Å². The number of aryl methyl sites for hydroxylation is 2. The maximum atomic E-state index is 4.64. The fourth-order valence-electron chi connectivity index (χ4n) is 3.02. The average molecular weight is 276 g/mol. The van der Waals surface area contributed by atoms with Gasteiger partial charge in [0, 0.05) is 37.9 Å². The summed E-state index contributed by atoms with van der Waals surface area (Å²) in [6, 6.07) is 0.665.